The van der Waals surface area contributed by atoms with Crippen molar-refractivity contribution in [3.8, 4) is 5.75 Å². The lowest BCUT2D eigenvalue weighted by Gasteiger charge is -2.12. The van der Waals surface area contributed by atoms with Gasteiger partial charge in [0, 0.05) is 24.0 Å². The van der Waals surface area contributed by atoms with E-state index in [1.165, 1.54) is 0 Å². The Labute approximate surface area is 158 Å². The maximum atomic E-state index is 12.4. The molecule has 0 unspecified atom stereocenters. The van der Waals surface area contributed by atoms with Gasteiger partial charge < -0.3 is 15.4 Å². The number of rotatable bonds is 8. The normalized spacial score (nSPS) is 10.5. The third kappa shape index (κ3) is 6.08. The number of carbonyl (C=O) groups excluding carboxylic acids is 2. The molecule has 0 aliphatic carbocycles. The Bertz CT molecular complexity index is 745. The Morgan fingerprint density at radius 3 is 2.35 bits per heavy atom. The molecule has 2 N–H and O–H groups in total. The van der Waals surface area contributed by atoms with Crippen LogP contribution in [0.2, 0.25) is 5.02 Å². The van der Waals surface area contributed by atoms with Crippen LogP contribution in [0.3, 0.4) is 0 Å². The van der Waals surface area contributed by atoms with Crippen molar-refractivity contribution in [2.75, 3.05) is 13.1 Å². The molecule has 0 saturated carbocycles. The molecule has 0 aliphatic rings. The van der Waals surface area contributed by atoms with E-state index in [0.717, 1.165) is 5.56 Å². The van der Waals surface area contributed by atoms with Crippen LogP contribution < -0.4 is 15.4 Å². The maximum absolute atomic E-state index is 12.4. The Balaban J connectivity index is 1.89. The second kappa shape index (κ2) is 9.82. The van der Waals surface area contributed by atoms with Gasteiger partial charge in [-0.25, -0.2) is 0 Å². The average Bonchev–Trinajstić information content (AvgIpc) is 2.64. The van der Waals surface area contributed by atoms with Crippen LogP contribution in [0.15, 0.2) is 48.5 Å². The summed E-state index contributed by atoms with van der Waals surface area (Å²) in [4.78, 5) is 23.9. The summed E-state index contributed by atoms with van der Waals surface area (Å²) >= 11 is 5.87. The van der Waals surface area contributed by atoms with Crippen LogP contribution in [0, 0.1) is 5.92 Å². The minimum absolute atomic E-state index is 0.0362. The fraction of sp³-hybridized carbons (Fsp3) is 0.300. The topological polar surface area (TPSA) is 67.4 Å². The predicted molar refractivity (Wildman–Crippen MR) is 102 cm³/mol. The molecule has 0 heterocycles. The van der Waals surface area contributed by atoms with Gasteiger partial charge in [0.2, 0.25) is 5.91 Å². The van der Waals surface area contributed by atoms with Crippen molar-refractivity contribution in [3.05, 3.63) is 64.7 Å². The summed E-state index contributed by atoms with van der Waals surface area (Å²) in [7, 11) is 0. The number of halogens is 1. The number of carbonyl (C=O) groups is 2. The summed E-state index contributed by atoms with van der Waals surface area (Å²) < 4.78 is 5.79. The highest BCUT2D eigenvalue weighted by Crippen LogP contribution is 2.20. The van der Waals surface area contributed by atoms with Gasteiger partial charge in [0.15, 0.2) is 0 Å². The lowest BCUT2D eigenvalue weighted by atomic mass is 10.2. The molecule has 0 radical (unpaired) electrons. The van der Waals surface area contributed by atoms with Crippen LogP contribution >= 0.6 is 11.6 Å². The first kappa shape index (κ1) is 19.8. The van der Waals surface area contributed by atoms with E-state index in [2.05, 4.69) is 10.6 Å². The highest BCUT2D eigenvalue weighted by atomic mass is 35.5. The molecule has 2 aromatic carbocycles. The Morgan fingerprint density at radius 2 is 1.65 bits per heavy atom. The van der Waals surface area contributed by atoms with E-state index >= 15 is 0 Å². The van der Waals surface area contributed by atoms with Gasteiger partial charge in [-0.3, -0.25) is 9.59 Å². The summed E-state index contributed by atoms with van der Waals surface area (Å²) in [6.45, 7) is 4.72. The molecule has 138 valence electrons. The highest BCUT2D eigenvalue weighted by molar-refractivity contribution is 6.30. The second-order valence-electron chi connectivity index (χ2n) is 6.11. The van der Waals surface area contributed by atoms with Crippen molar-refractivity contribution in [1.82, 2.24) is 10.6 Å². The molecule has 6 heteroatoms. The van der Waals surface area contributed by atoms with Gasteiger partial charge in [-0.2, -0.15) is 0 Å². The molecule has 2 amide bonds. The molecular formula is C20H23ClN2O3. The molecule has 0 spiro atoms. The molecule has 0 saturated heterocycles. The van der Waals surface area contributed by atoms with Gasteiger partial charge in [0.1, 0.15) is 12.4 Å². The molecule has 0 aromatic heterocycles. The van der Waals surface area contributed by atoms with Gasteiger partial charge in [-0.1, -0.05) is 49.7 Å². The van der Waals surface area contributed by atoms with Gasteiger partial charge in [-0.15, -0.1) is 0 Å². The summed E-state index contributed by atoms with van der Waals surface area (Å²) in [5, 5.41) is 6.21. The number of hydrogen-bond acceptors (Lipinski definition) is 3. The molecule has 0 fully saturated rings. The van der Waals surface area contributed by atoms with Crippen LogP contribution in [-0.2, 0) is 11.4 Å². The van der Waals surface area contributed by atoms with Crippen molar-refractivity contribution in [1.29, 1.82) is 0 Å². The molecule has 2 aromatic rings. The Morgan fingerprint density at radius 1 is 1.00 bits per heavy atom. The van der Waals surface area contributed by atoms with Crippen molar-refractivity contribution in [3.63, 3.8) is 0 Å². The number of benzene rings is 2. The van der Waals surface area contributed by atoms with E-state index in [0.29, 0.717) is 36.0 Å². The number of nitrogens with one attached hydrogen (secondary N) is 2. The SMILES string of the molecule is CC(C)C(=O)NCCNC(=O)c1ccccc1OCc1ccc(Cl)cc1. The van der Waals surface area contributed by atoms with E-state index in [1.807, 2.05) is 32.0 Å². The zero-order chi connectivity index (χ0) is 18.9. The van der Waals surface area contributed by atoms with Crippen LogP contribution in [-0.4, -0.2) is 24.9 Å². The van der Waals surface area contributed by atoms with Crippen LogP contribution in [0.5, 0.6) is 5.75 Å². The minimum Gasteiger partial charge on any atom is -0.488 e. The monoisotopic (exact) mass is 374 g/mol. The lowest BCUT2D eigenvalue weighted by Crippen LogP contribution is -2.36. The van der Waals surface area contributed by atoms with Gasteiger partial charge in [0.25, 0.3) is 5.91 Å². The Hall–Kier alpha value is -2.53. The van der Waals surface area contributed by atoms with E-state index in [4.69, 9.17) is 16.3 Å². The zero-order valence-electron chi connectivity index (χ0n) is 14.9. The van der Waals surface area contributed by atoms with E-state index in [9.17, 15) is 9.59 Å². The molecule has 0 bridgehead atoms. The maximum Gasteiger partial charge on any atom is 0.255 e. The van der Waals surface area contributed by atoms with E-state index in [-0.39, 0.29) is 17.7 Å². The first-order chi connectivity index (χ1) is 12.5. The number of ether oxygens (including phenoxy) is 1. The molecule has 0 atom stereocenters. The number of hydrogen-bond donors (Lipinski definition) is 2. The molecule has 26 heavy (non-hydrogen) atoms. The quantitative estimate of drug-likeness (QED) is 0.696. The predicted octanol–water partition coefficient (Wildman–Crippen LogP) is 3.42. The minimum atomic E-state index is -0.240. The third-order valence-electron chi connectivity index (χ3n) is 3.67. The van der Waals surface area contributed by atoms with Crippen molar-refractivity contribution < 1.29 is 14.3 Å². The van der Waals surface area contributed by atoms with Crippen molar-refractivity contribution in [2.45, 2.75) is 20.5 Å². The summed E-state index contributed by atoms with van der Waals surface area (Å²) in [6, 6.07) is 14.4. The summed E-state index contributed by atoms with van der Waals surface area (Å²) in [5.41, 5.74) is 1.41. The summed E-state index contributed by atoms with van der Waals surface area (Å²) in [5.74, 6) is 0.153. The van der Waals surface area contributed by atoms with Crippen molar-refractivity contribution >= 4 is 23.4 Å². The lowest BCUT2D eigenvalue weighted by molar-refractivity contribution is -0.123. The first-order valence-electron chi connectivity index (χ1n) is 8.49. The zero-order valence-corrected chi connectivity index (χ0v) is 15.7. The molecule has 5 nitrogen and oxygen atoms in total. The fourth-order valence-electron chi connectivity index (χ4n) is 2.18. The average molecular weight is 375 g/mol. The van der Waals surface area contributed by atoms with Crippen LogP contribution in [0.25, 0.3) is 0 Å². The fourth-order valence-corrected chi connectivity index (χ4v) is 2.31. The van der Waals surface area contributed by atoms with Crippen LogP contribution in [0.1, 0.15) is 29.8 Å². The molecular weight excluding hydrogens is 352 g/mol. The standard InChI is InChI=1S/C20H23ClN2O3/c1-14(2)19(24)22-11-12-23-20(25)17-5-3-4-6-18(17)26-13-15-7-9-16(21)10-8-15/h3-10,14H,11-13H2,1-2H3,(H,22,24)(H,23,25). The number of para-hydroxylation sites is 1. The van der Waals surface area contributed by atoms with Gasteiger partial charge >= 0.3 is 0 Å². The third-order valence-corrected chi connectivity index (χ3v) is 3.93. The van der Waals surface area contributed by atoms with Gasteiger partial charge in [-0.05, 0) is 29.8 Å². The smallest absolute Gasteiger partial charge is 0.255 e. The second-order valence-corrected chi connectivity index (χ2v) is 6.55. The largest absolute Gasteiger partial charge is 0.488 e. The van der Waals surface area contributed by atoms with Gasteiger partial charge in [0.05, 0.1) is 5.56 Å². The summed E-state index contributed by atoms with van der Waals surface area (Å²) in [6.07, 6.45) is 0. The molecule has 2 rings (SSSR count). The van der Waals surface area contributed by atoms with Crippen LogP contribution in [0.4, 0.5) is 0 Å². The number of amides is 2. The van der Waals surface area contributed by atoms with Crippen molar-refractivity contribution in [2.24, 2.45) is 5.92 Å². The van der Waals surface area contributed by atoms with E-state index in [1.54, 1.807) is 30.3 Å². The Kier molecular flexibility index (Phi) is 7.48. The van der Waals surface area contributed by atoms with E-state index < -0.39 is 0 Å². The molecule has 0 aliphatic heterocycles. The first-order valence-corrected chi connectivity index (χ1v) is 8.87. The highest BCUT2D eigenvalue weighted by Gasteiger charge is 2.12.